The van der Waals surface area contributed by atoms with Crippen molar-refractivity contribution in [2.24, 2.45) is 0 Å². The zero-order chi connectivity index (χ0) is 18.3. The van der Waals surface area contributed by atoms with Gasteiger partial charge in [-0.15, -0.1) is 35.9 Å². The maximum atomic E-state index is 10.7. The van der Waals surface area contributed by atoms with Crippen LogP contribution >= 0.6 is 0 Å². The third-order valence-electron chi connectivity index (χ3n) is 3.34. The molecule has 3 rings (SSSR count). The number of pyridine rings is 2. The Morgan fingerprint density at radius 1 is 1.00 bits per heavy atom. The Balaban J connectivity index is 0.000000251. The van der Waals surface area contributed by atoms with Crippen LogP contribution in [0, 0.1) is 6.07 Å². The molecule has 0 aliphatic rings. The zero-order valence-corrected chi connectivity index (χ0v) is 17.5. The van der Waals surface area contributed by atoms with Gasteiger partial charge >= 0.3 is 10.1 Å². The van der Waals surface area contributed by atoms with Gasteiger partial charge in [0.25, 0.3) is 0 Å². The molecular weight excluding hydrogens is 529 g/mol. The number of hydrogen-bond acceptors (Lipinski definition) is 4. The normalized spacial score (nSPS) is 10.5. The number of rotatable bonds is 3. The van der Waals surface area contributed by atoms with Crippen LogP contribution in [0.25, 0.3) is 11.3 Å². The van der Waals surface area contributed by atoms with E-state index in [-0.39, 0.29) is 31.0 Å². The minimum absolute atomic E-state index is 0. The molecule has 0 spiro atoms. The van der Waals surface area contributed by atoms with E-state index < -0.39 is 10.1 Å². The van der Waals surface area contributed by atoms with Crippen LogP contribution in [-0.2, 0) is 30.2 Å². The van der Waals surface area contributed by atoms with Crippen LogP contribution in [0.3, 0.4) is 0 Å². The van der Waals surface area contributed by atoms with Crippen LogP contribution in [0.5, 0.6) is 0 Å². The second kappa shape index (κ2) is 10.3. The summed E-state index contributed by atoms with van der Waals surface area (Å²) in [7, 11) is -4.17. The Morgan fingerprint density at radius 2 is 1.73 bits per heavy atom. The summed E-state index contributed by atoms with van der Waals surface area (Å²) in [6.45, 7) is 3.87. The van der Waals surface area contributed by atoms with Crippen molar-refractivity contribution in [1.82, 2.24) is 9.97 Å². The first kappa shape index (κ1) is 22.1. The van der Waals surface area contributed by atoms with E-state index in [1.165, 1.54) is 12.3 Å². The van der Waals surface area contributed by atoms with Crippen molar-refractivity contribution in [2.45, 2.75) is 24.8 Å². The zero-order valence-electron chi connectivity index (χ0n) is 14.3. The van der Waals surface area contributed by atoms with Crippen molar-refractivity contribution in [3.05, 3.63) is 78.6 Å². The molecule has 5 nitrogen and oxygen atoms in total. The molecule has 1 aromatic carbocycles. The molecule has 2 aromatic heterocycles. The predicted octanol–water partition coefficient (Wildman–Crippen LogP) is 4.00. The molecule has 3 aromatic rings. The van der Waals surface area contributed by atoms with Crippen LogP contribution in [0.4, 0.5) is 0 Å². The van der Waals surface area contributed by atoms with E-state index in [1.807, 2.05) is 56.3 Å². The molecule has 0 atom stereocenters. The summed E-state index contributed by atoms with van der Waals surface area (Å²) in [5, 5.41) is -0.293. The number of hydrogen-bond donors (Lipinski definition) is 1. The molecule has 0 saturated heterocycles. The Kier molecular flexibility index (Phi) is 8.75. The average molecular weight is 548 g/mol. The first-order valence-corrected chi connectivity index (χ1v) is 9.13. The van der Waals surface area contributed by atoms with Crippen molar-refractivity contribution in [3.63, 3.8) is 0 Å². The quantitative estimate of drug-likeness (QED) is 0.396. The topological polar surface area (TPSA) is 80.2 Å². The van der Waals surface area contributed by atoms with E-state index >= 15 is 0 Å². The first-order valence-electron chi connectivity index (χ1n) is 7.69. The molecule has 0 bridgehead atoms. The van der Waals surface area contributed by atoms with E-state index in [4.69, 9.17) is 4.55 Å². The van der Waals surface area contributed by atoms with Crippen molar-refractivity contribution >= 4 is 10.1 Å². The standard InChI is InChI=1S/C11H8N.C8H11NO3S.Ir/c1-2-6-10(7-3-1)11-8-4-5-9-12-11;1-6(2)7-3-4-9-8(5-7)13(10,11)12;/h1-6,8-9H;3-6H,1-2H3,(H,10,11,12);/q-1;;. The fourth-order valence-corrected chi connectivity index (χ4v) is 2.48. The summed E-state index contributed by atoms with van der Waals surface area (Å²) in [4.78, 5) is 7.77. The van der Waals surface area contributed by atoms with Crippen LogP contribution in [0.15, 0.2) is 72.0 Å². The summed E-state index contributed by atoms with van der Waals surface area (Å²) in [6, 6.07) is 19.9. The van der Waals surface area contributed by atoms with Crippen LogP contribution in [0.2, 0.25) is 0 Å². The SMILES string of the molecule is CC(C)c1ccnc(S(=O)(=O)O)c1.[Ir].[c-]1ccccc1-c1ccccn1. The Hall–Kier alpha value is -1.92. The van der Waals surface area contributed by atoms with Crippen molar-refractivity contribution < 1.29 is 33.1 Å². The first-order chi connectivity index (χ1) is 11.9. The Bertz CT molecular complexity index is 865. The fourth-order valence-electron chi connectivity index (χ4n) is 2.00. The third kappa shape index (κ3) is 6.77. The van der Waals surface area contributed by atoms with Gasteiger partial charge in [-0.3, -0.25) is 4.55 Å². The number of aromatic nitrogens is 2. The molecule has 7 heteroatoms. The second-order valence-corrected chi connectivity index (χ2v) is 6.92. The summed E-state index contributed by atoms with van der Waals surface area (Å²) in [6.07, 6.45) is 3.16. The van der Waals surface area contributed by atoms with Gasteiger partial charge in [0.15, 0.2) is 5.03 Å². The Labute approximate surface area is 167 Å². The molecule has 0 unspecified atom stereocenters. The van der Waals surface area contributed by atoms with E-state index in [1.54, 1.807) is 12.3 Å². The molecule has 1 radical (unpaired) electrons. The van der Waals surface area contributed by atoms with Gasteiger partial charge in [-0.05, 0) is 35.4 Å². The summed E-state index contributed by atoms with van der Waals surface area (Å²) in [5.41, 5.74) is 2.85. The minimum Gasteiger partial charge on any atom is -0.305 e. The molecule has 0 aliphatic heterocycles. The van der Waals surface area contributed by atoms with Gasteiger partial charge in [0.2, 0.25) is 0 Å². The van der Waals surface area contributed by atoms with E-state index in [0.29, 0.717) is 0 Å². The molecule has 0 saturated carbocycles. The van der Waals surface area contributed by atoms with Gasteiger partial charge < -0.3 is 4.98 Å². The van der Waals surface area contributed by atoms with Crippen molar-refractivity contribution in [2.75, 3.05) is 0 Å². The van der Waals surface area contributed by atoms with Crippen LogP contribution in [-0.4, -0.2) is 22.9 Å². The van der Waals surface area contributed by atoms with Gasteiger partial charge in [0.1, 0.15) is 0 Å². The summed E-state index contributed by atoms with van der Waals surface area (Å²) >= 11 is 0. The fraction of sp³-hybridized carbons (Fsp3) is 0.158. The van der Waals surface area contributed by atoms with Crippen molar-refractivity contribution in [3.8, 4) is 11.3 Å². The smallest absolute Gasteiger partial charge is 0.305 e. The second-order valence-electron chi connectivity index (χ2n) is 5.55. The number of nitrogens with zero attached hydrogens (tertiary/aromatic N) is 2. The van der Waals surface area contributed by atoms with Gasteiger partial charge in [0.05, 0.1) is 0 Å². The predicted molar refractivity (Wildman–Crippen MR) is 96.6 cm³/mol. The van der Waals surface area contributed by atoms with Crippen LogP contribution in [0.1, 0.15) is 25.3 Å². The molecule has 0 fully saturated rings. The largest absolute Gasteiger partial charge is 0.312 e. The molecular formula is C19H19IrN2O3S-. The van der Waals surface area contributed by atoms with E-state index in [9.17, 15) is 8.42 Å². The molecule has 26 heavy (non-hydrogen) atoms. The van der Waals surface area contributed by atoms with Crippen molar-refractivity contribution in [1.29, 1.82) is 0 Å². The maximum Gasteiger partial charge on any atom is 0.312 e. The van der Waals surface area contributed by atoms with E-state index in [2.05, 4.69) is 16.0 Å². The maximum absolute atomic E-state index is 10.7. The third-order valence-corrected chi connectivity index (χ3v) is 4.09. The molecule has 0 aliphatic carbocycles. The summed E-state index contributed by atoms with van der Waals surface area (Å²) < 4.78 is 30.1. The average Bonchev–Trinajstić information content (AvgIpc) is 2.63. The minimum atomic E-state index is -4.17. The monoisotopic (exact) mass is 548 g/mol. The molecule has 0 amide bonds. The van der Waals surface area contributed by atoms with Crippen LogP contribution < -0.4 is 0 Å². The molecule has 2 heterocycles. The molecule has 139 valence electrons. The van der Waals surface area contributed by atoms with Gasteiger partial charge in [-0.2, -0.15) is 8.42 Å². The molecule has 1 N–H and O–H groups in total. The van der Waals surface area contributed by atoms with E-state index in [0.717, 1.165) is 16.8 Å². The van der Waals surface area contributed by atoms with Gasteiger partial charge in [-0.1, -0.05) is 26.0 Å². The van der Waals surface area contributed by atoms with Gasteiger partial charge in [0, 0.05) is 32.5 Å². The Morgan fingerprint density at radius 3 is 2.27 bits per heavy atom. The number of benzene rings is 1. The van der Waals surface area contributed by atoms with Gasteiger partial charge in [-0.25, -0.2) is 4.98 Å². The summed E-state index contributed by atoms with van der Waals surface area (Å²) in [5.74, 6) is 0.212.